The van der Waals surface area contributed by atoms with Crippen molar-refractivity contribution in [2.24, 2.45) is 5.73 Å². The molecule has 2 aromatic rings. The van der Waals surface area contributed by atoms with E-state index in [4.69, 9.17) is 15.9 Å². The summed E-state index contributed by atoms with van der Waals surface area (Å²) in [6.45, 7) is 2.26. The Morgan fingerprint density at radius 1 is 1.20 bits per heavy atom. The lowest BCUT2D eigenvalue weighted by Crippen LogP contribution is -2.12. The molecule has 20 heavy (non-hydrogen) atoms. The molecule has 0 heterocycles. The number of hydrogen-bond acceptors (Lipinski definition) is 2. The van der Waals surface area contributed by atoms with Crippen molar-refractivity contribution in [2.45, 2.75) is 20.0 Å². The number of nitrogens with one attached hydrogen (secondary N) is 1. The number of rotatable bonds is 5. The van der Waals surface area contributed by atoms with Gasteiger partial charge in [-0.1, -0.05) is 18.2 Å². The summed E-state index contributed by atoms with van der Waals surface area (Å²) in [5.74, 6) is 0.640. The van der Waals surface area contributed by atoms with E-state index < -0.39 is 0 Å². The molecule has 0 bridgehead atoms. The minimum atomic E-state index is -0.236. The van der Waals surface area contributed by atoms with Crippen LogP contribution in [-0.4, -0.2) is 5.84 Å². The van der Waals surface area contributed by atoms with Gasteiger partial charge in [0.2, 0.25) is 0 Å². The zero-order valence-corrected chi connectivity index (χ0v) is 11.3. The highest BCUT2D eigenvalue weighted by atomic mass is 19.1. The summed E-state index contributed by atoms with van der Waals surface area (Å²) in [5, 5.41) is 7.24. The van der Waals surface area contributed by atoms with Gasteiger partial charge in [-0.15, -0.1) is 0 Å². The summed E-state index contributed by atoms with van der Waals surface area (Å²) in [7, 11) is 0. The molecule has 3 nitrogen and oxygen atoms in total. The number of amidine groups is 1. The predicted octanol–water partition coefficient (Wildman–Crippen LogP) is 3.19. The van der Waals surface area contributed by atoms with Crippen LogP contribution in [0.2, 0.25) is 0 Å². The molecule has 0 radical (unpaired) electrons. The van der Waals surface area contributed by atoms with Crippen LogP contribution in [0.4, 0.5) is 4.39 Å². The molecule has 0 aromatic heterocycles. The van der Waals surface area contributed by atoms with Crippen molar-refractivity contribution in [3.8, 4) is 5.75 Å². The van der Waals surface area contributed by atoms with E-state index in [1.807, 2.05) is 31.2 Å². The highest BCUT2D eigenvalue weighted by molar-refractivity contribution is 5.79. The number of halogens is 1. The lowest BCUT2D eigenvalue weighted by atomic mass is 10.1. The number of benzene rings is 2. The van der Waals surface area contributed by atoms with E-state index in [1.165, 1.54) is 12.1 Å². The van der Waals surface area contributed by atoms with E-state index in [9.17, 15) is 4.39 Å². The number of nitrogens with two attached hydrogens (primary N) is 1. The Morgan fingerprint density at radius 3 is 2.50 bits per heavy atom. The van der Waals surface area contributed by atoms with Crippen molar-refractivity contribution in [1.29, 1.82) is 5.41 Å². The Bertz CT molecular complexity index is 608. The summed E-state index contributed by atoms with van der Waals surface area (Å²) in [5.41, 5.74) is 8.15. The average Bonchev–Trinajstić information content (AvgIpc) is 2.39. The first-order chi connectivity index (χ1) is 9.54. The van der Waals surface area contributed by atoms with Gasteiger partial charge in [-0.25, -0.2) is 4.39 Å². The SMILES string of the molecule is Cc1cc(F)ccc1COc1ccc(CC(=N)N)cc1. The van der Waals surface area contributed by atoms with Gasteiger partial charge in [0.25, 0.3) is 0 Å². The van der Waals surface area contributed by atoms with Crippen molar-refractivity contribution in [1.82, 2.24) is 0 Å². The Balaban J connectivity index is 1.98. The lowest BCUT2D eigenvalue weighted by molar-refractivity contribution is 0.305. The monoisotopic (exact) mass is 272 g/mol. The molecule has 0 atom stereocenters. The molecule has 0 amide bonds. The molecule has 2 rings (SSSR count). The molecule has 3 N–H and O–H groups in total. The zero-order valence-electron chi connectivity index (χ0n) is 11.3. The Kier molecular flexibility index (Phi) is 4.35. The minimum Gasteiger partial charge on any atom is -0.489 e. The van der Waals surface area contributed by atoms with E-state index in [0.717, 1.165) is 22.4 Å². The second-order valence-electron chi connectivity index (χ2n) is 4.71. The van der Waals surface area contributed by atoms with Crippen LogP contribution in [0.15, 0.2) is 42.5 Å². The predicted molar refractivity (Wildman–Crippen MR) is 77.5 cm³/mol. The fourth-order valence-electron chi connectivity index (χ4n) is 1.91. The van der Waals surface area contributed by atoms with Crippen LogP contribution in [0.25, 0.3) is 0 Å². The third-order valence-electron chi connectivity index (χ3n) is 3.02. The van der Waals surface area contributed by atoms with E-state index in [-0.39, 0.29) is 11.7 Å². The molecule has 0 aliphatic heterocycles. The third kappa shape index (κ3) is 3.82. The van der Waals surface area contributed by atoms with Crippen LogP contribution in [0, 0.1) is 18.2 Å². The molecule has 4 heteroatoms. The molecular weight excluding hydrogens is 255 g/mol. The van der Waals surface area contributed by atoms with Crippen LogP contribution >= 0.6 is 0 Å². The molecule has 0 saturated heterocycles. The molecule has 2 aromatic carbocycles. The number of hydrogen-bond donors (Lipinski definition) is 2. The lowest BCUT2D eigenvalue weighted by Gasteiger charge is -2.09. The Labute approximate surface area is 117 Å². The van der Waals surface area contributed by atoms with Gasteiger partial charge in [-0.05, 0) is 47.9 Å². The molecule has 0 saturated carbocycles. The third-order valence-corrected chi connectivity index (χ3v) is 3.02. The molecule has 0 unspecified atom stereocenters. The molecule has 0 fully saturated rings. The van der Waals surface area contributed by atoms with Gasteiger partial charge in [0, 0.05) is 6.42 Å². The quantitative estimate of drug-likeness (QED) is 0.648. The number of aryl methyl sites for hydroxylation is 1. The summed E-state index contributed by atoms with van der Waals surface area (Å²) in [6.07, 6.45) is 0.442. The van der Waals surface area contributed by atoms with Gasteiger partial charge in [0.15, 0.2) is 0 Å². The van der Waals surface area contributed by atoms with Crippen LogP contribution in [0.5, 0.6) is 5.75 Å². The summed E-state index contributed by atoms with van der Waals surface area (Å²) < 4.78 is 18.7. The largest absolute Gasteiger partial charge is 0.489 e. The van der Waals surface area contributed by atoms with E-state index in [1.54, 1.807) is 6.07 Å². The maximum absolute atomic E-state index is 13.0. The standard InChI is InChI=1S/C16H17FN2O/c1-11-8-14(17)5-4-13(11)10-20-15-6-2-12(3-7-15)9-16(18)19/h2-8H,9-10H2,1H3,(H3,18,19). The van der Waals surface area contributed by atoms with Crippen molar-refractivity contribution >= 4 is 5.84 Å². The highest BCUT2D eigenvalue weighted by Gasteiger charge is 2.02. The number of ether oxygens (including phenoxy) is 1. The molecule has 0 aliphatic carbocycles. The molecular formula is C16H17FN2O. The smallest absolute Gasteiger partial charge is 0.123 e. The Hall–Kier alpha value is -2.36. The van der Waals surface area contributed by atoms with E-state index >= 15 is 0 Å². The fraction of sp³-hybridized carbons (Fsp3) is 0.188. The van der Waals surface area contributed by atoms with Gasteiger partial charge in [0.1, 0.15) is 18.2 Å². The normalized spacial score (nSPS) is 10.3. The molecule has 0 aliphatic rings. The van der Waals surface area contributed by atoms with Gasteiger partial charge >= 0.3 is 0 Å². The Morgan fingerprint density at radius 2 is 1.90 bits per heavy atom. The van der Waals surface area contributed by atoms with Crippen LogP contribution in [-0.2, 0) is 13.0 Å². The summed E-state index contributed by atoms with van der Waals surface area (Å²) in [6, 6.07) is 12.1. The van der Waals surface area contributed by atoms with Gasteiger partial charge in [-0.2, -0.15) is 0 Å². The maximum Gasteiger partial charge on any atom is 0.123 e. The van der Waals surface area contributed by atoms with Crippen molar-refractivity contribution in [2.75, 3.05) is 0 Å². The van der Waals surface area contributed by atoms with Gasteiger partial charge < -0.3 is 10.5 Å². The maximum atomic E-state index is 13.0. The van der Waals surface area contributed by atoms with E-state index in [0.29, 0.717) is 13.0 Å². The first-order valence-electron chi connectivity index (χ1n) is 6.34. The summed E-state index contributed by atoms with van der Waals surface area (Å²) in [4.78, 5) is 0. The highest BCUT2D eigenvalue weighted by Crippen LogP contribution is 2.16. The van der Waals surface area contributed by atoms with Crippen LogP contribution in [0.3, 0.4) is 0 Å². The van der Waals surface area contributed by atoms with Crippen LogP contribution in [0.1, 0.15) is 16.7 Å². The fourth-order valence-corrected chi connectivity index (χ4v) is 1.91. The average molecular weight is 272 g/mol. The van der Waals surface area contributed by atoms with Gasteiger partial charge in [-0.3, -0.25) is 5.41 Å². The van der Waals surface area contributed by atoms with Crippen LogP contribution < -0.4 is 10.5 Å². The molecule has 0 spiro atoms. The van der Waals surface area contributed by atoms with Crippen molar-refractivity contribution < 1.29 is 9.13 Å². The first-order valence-corrected chi connectivity index (χ1v) is 6.34. The van der Waals surface area contributed by atoms with E-state index in [2.05, 4.69) is 0 Å². The topological polar surface area (TPSA) is 59.1 Å². The van der Waals surface area contributed by atoms with Gasteiger partial charge in [0.05, 0.1) is 5.84 Å². The second kappa shape index (κ2) is 6.19. The first kappa shape index (κ1) is 14.1. The second-order valence-corrected chi connectivity index (χ2v) is 4.71. The zero-order chi connectivity index (χ0) is 14.5. The minimum absolute atomic E-state index is 0.139. The summed E-state index contributed by atoms with van der Waals surface area (Å²) >= 11 is 0. The van der Waals surface area contributed by atoms with Crippen molar-refractivity contribution in [3.63, 3.8) is 0 Å². The molecule has 104 valence electrons. The van der Waals surface area contributed by atoms with Crippen molar-refractivity contribution in [3.05, 3.63) is 65.0 Å².